The van der Waals surface area contributed by atoms with Crippen LogP contribution in [0.4, 0.5) is 0 Å². The van der Waals surface area contributed by atoms with Crippen molar-refractivity contribution < 1.29 is 55.4 Å². The second kappa shape index (κ2) is 11.6. The van der Waals surface area contributed by atoms with Gasteiger partial charge in [-0.25, -0.2) is 0 Å². The van der Waals surface area contributed by atoms with Gasteiger partial charge < -0.3 is 33.6 Å². The first-order chi connectivity index (χ1) is 14.7. The van der Waals surface area contributed by atoms with Gasteiger partial charge in [-0.3, -0.25) is 0 Å². The number of hydrogen-bond donors (Lipinski definition) is 0. The van der Waals surface area contributed by atoms with E-state index in [1.807, 2.05) is 24.3 Å². The molecule has 0 amide bonds. The molecule has 0 atom stereocenters. The molecule has 4 aromatic carbocycles. The number of rotatable bonds is 2. The van der Waals surface area contributed by atoms with Crippen LogP contribution >= 0.6 is 0 Å². The van der Waals surface area contributed by atoms with Gasteiger partial charge in [-0.1, -0.05) is 58.7 Å². The van der Waals surface area contributed by atoms with Gasteiger partial charge in [0.1, 0.15) is 0 Å². The fourth-order valence-corrected chi connectivity index (χ4v) is 3.95. The predicted octanol–water partition coefficient (Wildman–Crippen LogP) is 2.26. The smallest absolute Gasteiger partial charge is 1.00 e. The van der Waals surface area contributed by atoms with Gasteiger partial charge in [0, 0.05) is 0 Å². The van der Waals surface area contributed by atoms with E-state index in [-0.39, 0.29) is 46.5 Å². The second-order valence-electron chi connectivity index (χ2n) is 7.60. The Kier molecular flexibility index (Phi) is 9.40. The summed E-state index contributed by atoms with van der Waals surface area (Å²) >= 11 is 0. The Bertz CT molecular complexity index is 1300. The van der Waals surface area contributed by atoms with E-state index in [9.17, 15) is 0 Å². The molecule has 0 aliphatic heterocycles. The molecule has 0 aliphatic rings. The van der Waals surface area contributed by atoms with Crippen molar-refractivity contribution in [1.29, 1.82) is 0 Å². The molecule has 0 saturated carbocycles. The fraction of sp³-hybridized carbons (Fsp3) is 0.0714. The molecular formula is C28H22Cl2O2Ti. The van der Waals surface area contributed by atoms with Crippen LogP contribution in [-0.4, -0.2) is 0 Å². The van der Waals surface area contributed by atoms with Gasteiger partial charge in [-0.05, 0) is 26.0 Å². The summed E-state index contributed by atoms with van der Waals surface area (Å²) in [6, 6.07) is 29.2. The average molecular weight is 509 g/mol. The summed E-state index contributed by atoms with van der Waals surface area (Å²) in [5, 5.41) is 5.18. The van der Waals surface area contributed by atoms with E-state index in [0.717, 1.165) is 22.6 Å². The summed E-state index contributed by atoms with van der Waals surface area (Å²) in [6.45, 7) is 4.27. The summed E-state index contributed by atoms with van der Waals surface area (Å²) in [4.78, 5) is 0. The van der Waals surface area contributed by atoms with Crippen LogP contribution in [0.5, 0.6) is 0 Å². The second-order valence-corrected chi connectivity index (χ2v) is 7.60. The molecule has 5 heteroatoms. The van der Waals surface area contributed by atoms with Crippen LogP contribution in [-0.2, 0) is 21.7 Å². The third-order valence-corrected chi connectivity index (χ3v) is 5.55. The van der Waals surface area contributed by atoms with E-state index in [2.05, 4.69) is 74.5 Å². The van der Waals surface area contributed by atoms with E-state index >= 15 is 0 Å². The molecule has 33 heavy (non-hydrogen) atoms. The first-order valence-electron chi connectivity index (χ1n) is 10.1. The van der Waals surface area contributed by atoms with Crippen molar-refractivity contribution in [3.63, 3.8) is 0 Å². The Balaban J connectivity index is 0.000000214. The number of benzene rings is 2. The minimum absolute atomic E-state index is 0. The van der Waals surface area contributed by atoms with Crippen molar-refractivity contribution in [1.82, 2.24) is 0 Å². The third-order valence-electron chi connectivity index (χ3n) is 5.55. The van der Waals surface area contributed by atoms with Gasteiger partial charge >= 0.3 is 21.7 Å². The van der Waals surface area contributed by atoms with Gasteiger partial charge in [-0.2, -0.15) is 0 Å². The summed E-state index contributed by atoms with van der Waals surface area (Å²) < 4.78 is 10.8. The Morgan fingerprint density at radius 3 is 1.33 bits per heavy atom. The maximum Gasteiger partial charge on any atom is 4.00 e. The summed E-state index contributed by atoms with van der Waals surface area (Å²) in [5.41, 5.74) is 4.93. The predicted molar refractivity (Wildman–Crippen MR) is 124 cm³/mol. The van der Waals surface area contributed by atoms with E-state index in [4.69, 9.17) is 8.83 Å². The molecule has 2 aromatic heterocycles. The number of fused-ring (bicyclic) bond motifs is 2. The zero-order valence-electron chi connectivity index (χ0n) is 18.3. The van der Waals surface area contributed by atoms with Crippen LogP contribution in [0.1, 0.15) is 11.1 Å². The molecule has 2 nitrogen and oxygen atoms in total. The monoisotopic (exact) mass is 508 g/mol. The van der Waals surface area contributed by atoms with E-state index in [1.165, 1.54) is 32.7 Å². The summed E-state index contributed by atoms with van der Waals surface area (Å²) in [7, 11) is 0. The van der Waals surface area contributed by atoms with E-state index in [1.54, 1.807) is 12.5 Å². The Morgan fingerprint density at radius 1 is 0.576 bits per heavy atom. The number of aryl methyl sites for hydroxylation is 2. The normalized spacial score (nSPS) is 10.0. The van der Waals surface area contributed by atoms with Crippen molar-refractivity contribution in [2.45, 2.75) is 13.8 Å². The molecule has 0 fully saturated rings. The minimum Gasteiger partial charge on any atom is -1.00 e. The zero-order chi connectivity index (χ0) is 20.5. The van der Waals surface area contributed by atoms with Crippen LogP contribution < -0.4 is 24.8 Å². The maximum absolute atomic E-state index is 5.39. The van der Waals surface area contributed by atoms with Crippen LogP contribution in [0.15, 0.2) is 106 Å². The average Bonchev–Trinajstić information content (AvgIpc) is 3.55. The molecule has 0 N–H and O–H groups in total. The van der Waals surface area contributed by atoms with Crippen LogP contribution in [0.2, 0.25) is 0 Å². The summed E-state index contributed by atoms with van der Waals surface area (Å²) in [5.74, 6) is 1.87. The van der Waals surface area contributed by atoms with Gasteiger partial charge in [0.25, 0.3) is 0 Å². The van der Waals surface area contributed by atoms with Gasteiger partial charge in [0.2, 0.25) is 0 Å². The first kappa shape index (κ1) is 26.8. The maximum atomic E-state index is 5.39. The zero-order valence-corrected chi connectivity index (χ0v) is 21.4. The Hall–Kier alpha value is -2.49. The van der Waals surface area contributed by atoms with Crippen molar-refractivity contribution in [2.24, 2.45) is 0 Å². The minimum atomic E-state index is 0. The fourth-order valence-electron chi connectivity index (χ4n) is 3.95. The van der Waals surface area contributed by atoms with Crippen molar-refractivity contribution >= 4 is 21.5 Å². The van der Waals surface area contributed by atoms with Crippen LogP contribution in [0.3, 0.4) is 0 Å². The van der Waals surface area contributed by atoms with Crippen LogP contribution in [0, 0.1) is 13.8 Å². The third kappa shape index (κ3) is 5.54. The van der Waals surface area contributed by atoms with Gasteiger partial charge in [0.05, 0.1) is 24.0 Å². The molecule has 0 radical (unpaired) electrons. The molecule has 6 rings (SSSR count). The SMILES string of the molecule is Cc1cccc2[cH-]c(-c3ccco3)cc12.Cc1cccc2[cH-]c(-c3ccco3)cc12.[Cl-].[Cl-].[Ti+4]. The number of hydrogen-bond acceptors (Lipinski definition) is 2. The topological polar surface area (TPSA) is 26.3 Å². The van der Waals surface area contributed by atoms with E-state index < -0.39 is 0 Å². The first-order valence-corrected chi connectivity index (χ1v) is 10.1. The van der Waals surface area contributed by atoms with Crippen molar-refractivity contribution in [2.75, 3.05) is 0 Å². The molecule has 0 bridgehead atoms. The Labute approximate surface area is 221 Å². The van der Waals surface area contributed by atoms with Crippen molar-refractivity contribution in [3.8, 4) is 22.6 Å². The van der Waals surface area contributed by atoms with Crippen LogP contribution in [0.25, 0.3) is 44.2 Å². The molecule has 0 unspecified atom stereocenters. The largest absolute Gasteiger partial charge is 4.00 e. The molecule has 164 valence electrons. The molecule has 2 heterocycles. The molecule has 0 spiro atoms. The molecule has 6 aromatic rings. The van der Waals surface area contributed by atoms with Crippen molar-refractivity contribution in [3.05, 3.63) is 109 Å². The summed E-state index contributed by atoms with van der Waals surface area (Å²) in [6.07, 6.45) is 3.42. The van der Waals surface area contributed by atoms with Gasteiger partial charge in [-0.15, -0.1) is 57.9 Å². The van der Waals surface area contributed by atoms with E-state index in [0.29, 0.717) is 0 Å². The Morgan fingerprint density at radius 2 is 1.00 bits per heavy atom. The quantitative estimate of drug-likeness (QED) is 0.265. The number of halogens is 2. The molecule has 0 saturated heterocycles. The standard InChI is InChI=1S/2C14H11O.2ClH.Ti/c2*1-10-4-2-5-11-8-12(9-13(10)11)14-6-3-7-15-14;;;/h2*2-9H,1H3;2*1H;/q2*-1;;;+4/p-2. The number of furan rings is 2. The molecular weight excluding hydrogens is 487 g/mol. The van der Waals surface area contributed by atoms with Gasteiger partial charge in [0.15, 0.2) is 0 Å². The molecule has 0 aliphatic carbocycles.